The summed E-state index contributed by atoms with van der Waals surface area (Å²) in [5.74, 6) is -0.300. The molecule has 1 aliphatic heterocycles. The third-order valence-electron chi connectivity index (χ3n) is 4.93. The lowest BCUT2D eigenvalue weighted by atomic mass is 10.1. The van der Waals surface area contributed by atoms with E-state index in [9.17, 15) is 14.0 Å². The molecule has 0 N–H and O–H groups in total. The van der Waals surface area contributed by atoms with E-state index in [4.69, 9.17) is 16.3 Å². The second kappa shape index (κ2) is 10.0. The van der Waals surface area contributed by atoms with Crippen molar-refractivity contribution in [3.63, 3.8) is 0 Å². The second-order valence-electron chi connectivity index (χ2n) is 7.12. The summed E-state index contributed by atoms with van der Waals surface area (Å²) in [4.78, 5) is 26.3. The molecule has 3 aromatic rings. The maximum Gasteiger partial charge on any atom is 0.293 e. The van der Waals surface area contributed by atoms with E-state index in [1.807, 2.05) is 42.5 Å². The number of rotatable bonds is 7. The SMILES string of the molecule is O=C1S/C(=C/c2ccc(OCCc3ccccc3)cc2)C(=O)N1Cc1c(F)cccc1Cl. The van der Waals surface area contributed by atoms with Crippen LogP contribution in [0.5, 0.6) is 5.75 Å². The van der Waals surface area contributed by atoms with Gasteiger partial charge in [-0.05, 0) is 53.2 Å². The predicted molar refractivity (Wildman–Crippen MR) is 125 cm³/mol. The molecule has 1 heterocycles. The van der Waals surface area contributed by atoms with Gasteiger partial charge < -0.3 is 4.74 Å². The number of carbonyl (C=O) groups is 2. The fourth-order valence-corrected chi connectivity index (χ4v) is 4.28. The lowest BCUT2D eigenvalue weighted by molar-refractivity contribution is -0.123. The molecule has 0 saturated carbocycles. The van der Waals surface area contributed by atoms with E-state index in [0.29, 0.717) is 6.61 Å². The summed E-state index contributed by atoms with van der Waals surface area (Å²) >= 11 is 6.86. The highest BCUT2D eigenvalue weighted by Crippen LogP contribution is 2.34. The largest absolute Gasteiger partial charge is 0.493 e. The molecular formula is C25H19ClFNO3S. The second-order valence-corrected chi connectivity index (χ2v) is 8.52. The zero-order valence-electron chi connectivity index (χ0n) is 17.0. The standard InChI is InChI=1S/C25H19ClFNO3S/c26-21-7-4-8-22(27)20(21)16-28-24(29)23(32-25(28)30)15-18-9-11-19(12-10-18)31-14-13-17-5-2-1-3-6-17/h1-12,15H,13-14,16H2/b23-15+. The van der Waals surface area contributed by atoms with Crippen molar-refractivity contribution in [2.45, 2.75) is 13.0 Å². The molecule has 1 fully saturated rings. The summed E-state index contributed by atoms with van der Waals surface area (Å²) in [5.41, 5.74) is 2.08. The number of hydrogen-bond acceptors (Lipinski definition) is 4. The number of carbonyl (C=O) groups excluding carboxylic acids is 2. The van der Waals surface area contributed by atoms with Gasteiger partial charge in [-0.1, -0.05) is 60.1 Å². The Morgan fingerprint density at radius 2 is 1.72 bits per heavy atom. The summed E-state index contributed by atoms with van der Waals surface area (Å²) in [6.45, 7) is 0.350. The van der Waals surface area contributed by atoms with Crippen LogP contribution < -0.4 is 4.74 Å². The van der Waals surface area contributed by atoms with Crippen molar-refractivity contribution >= 4 is 40.6 Å². The number of halogens is 2. The Bertz CT molecular complexity index is 1150. The van der Waals surface area contributed by atoms with Gasteiger partial charge in [0.15, 0.2) is 0 Å². The fourth-order valence-electron chi connectivity index (χ4n) is 3.22. The molecule has 0 aliphatic carbocycles. The average Bonchev–Trinajstić information content (AvgIpc) is 3.05. The highest BCUT2D eigenvalue weighted by atomic mass is 35.5. The van der Waals surface area contributed by atoms with Crippen LogP contribution in [0, 0.1) is 5.82 Å². The van der Waals surface area contributed by atoms with Crippen LogP contribution in [-0.2, 0) is 17.8 Å². The quantitative estimate of drug-likeness (QED) is 0.380. The molecule has 0 unspecified atom stereocenters. The van der Waals surface area contributed by atoms with Crippen molar-refractivity contribution in [3.05, 3.63) is 105 Å². The molecule has 0 radical (unpaired) electrons. The molecule has 4 rings (SSSR count). The van der Waals surface area contributed by atoms with Gasteiger partial charge in [-0.25, -0.2) is 4.39 Å². The zero-order valence-corrected chi connectivity index (χ0v) is 18.5. The van der Waals surface area contributed by atoms with Crippen molar-refractivity contribution in [2.24, 2.45) is 0 Å². The molecule has 2 amide bonds. The van der Waals surface area contributed by atoms with Crippen LogP contribution in [0.1, 0.15) is 16.7 Å². The van der Waals surface area contributed by atoms with E-state index >= 15 is 0 Å². The zero-order chi connectivity index (χ0) is 22.5. The maximum atomic E-state index is 14.1. The molecule has 7 heteroatoms. The first-order valence-corrected chi connectivity index (χ1v) is 11.2. The van der Waals surface area contributed by atoms with Crippen LogP contribution in [0.15, 0.2) is 77.7 Å². The maximum absolute atomic E-state index is 14.1. The monoisotopic (exact) mass is 467 g/mol. The van der Waals surface area contributed by atoms with Crippen molar-refractivity contribution in [3.8, 4) is 5.75 Å². The van der Waals surface area contributed by atoms with E-state index in [0.717, 1.165) is 34.4 Å². The molecule has 1 aliphatic rings. The van der Waals surface area contributed by atoms with Crippen molar-refractivity contribution < 1.29 is 18.7 Å². The van der Waals surface area contributed by atoms with E-state index in [1.54, 1.807) is 6.08 Å². The Balaban J connectivity index is 1.39. The van der Waals surface area contributed by atoms with Gasteiger partial charge in [0, 0.05) is 17.0 Å². The first kappa shape index (κ1) is 22.1. The summed E-state index contributed by atoms with van der Waals surface area (Å²) < 4.78 is 19.8. The Morgan fingerprint density at radius 1 is 0.969 bits per heavy atom. The van der Waals surface area contributed by atoms with E-state index in [1.165, 1.54) is 23.8 Å². The fraction of sp³-hybridized carbons (Fsp3) is 0.120. The average molecular weight is 468 g/mol. The molecule has 162 valence electrons. The van der Waals surface area contributed by atoms with E-state index in [-0.39, 0.29) is 22.0 Å². The third kappa shape index (κ3) is 5.21. The number of amides is 2. The molecule has 1 saturated heterocycles. The first-order chi connectivity index (χ1) is 15.5. The highest BCUT2D eigenvalue weighted by Gasteiger charge is 2.35. The Morgan fingerprint density at radius 3 is 2.44 bits per heavy atom. The van der Waals surface area contributed by atoms with Gasteiger partial charge in [-0.3, -0.25) is 14.5 Å². The number of ether oxygens (including phenoxy) is 1. The number of hydrogen-bond donors (Lipinski definition) is 0. The predicted octanol–water partition coefficient (Wildman–Crippen LogP) is 6.34. The molecule has 4 nitrogen and oxygen atoms in total. The van der Waals surface area contributed by atoms with Gasteiger partial charge >= 0.3 is 0 Å². The smallest absolute Gasteiger partial charge is 0.293 e. The molecule has 3 aromatic carbocycles. The van der Waals surface area contributed by atoms with Gasteiger partial charge in [0.05, 0.1) is 18.1 Å². The molecule has 0 aromatic heterocycles. The number of benzene rings is 3. The normalized spacial score (nSPS) is 14.9. The van der Waals surface area contributed by atoms with Crippen molar-refractivity contribution in [1.29, 1.82) is 0 Å². The van der Waals surface area contributed by atoms with Crippen LogP contribution in [0.25, 0.3) is 6.08 Å². The topological polar surface area (TPSA) is 46.6 Å². The van der Waals surface area contributed by atoms with Crippen molar-refractivity contribution in [2.75, 3.05) is 6.61 Å². The summed E-state index contributed by atoms with van der Waals surface area (Å²) in [5, 5.41) is -0.280. The third-order valence-corrected chi connectivity index (χ3v) is 6.19. The van der Waals surface area contributed by atoms with Crippen LogP contribution >= 0.6 is 23.4 Å². The molecule has 0 atom stereocenters. The Kier molecular flexibility index (Phi) is 6.93. The Labute approximate surface area is 194 Å². The minimum absolute atomic E-state index is 0.120. The van der Waals surface area contributed by atoms with Crippen LogP contribution in [0.3, 0.4) is 0 Å². The summed E-state index contributed by atoms with van der Waals surface area (Å²) in [7, 11) is 0. The lowest BCUT2D eigenvalue weighted by Crippen LogP contribution is -2.28. The minimum Gasteiger partial charge on any atom is -0.493 e. The Hall–Kier alpha value is -3.09. The molecule has 32 heavy (non-hydrogen) atoms. The van der Waals surface area contributed by atoms with Crippen molar-refractivity contribution in [1.82, 2.24) is 4.90 Å². The number of imide groups is 1. The van der Waals surface area contributed by atoms with Crippen LogP contribution in [-0.4, -0.2) is 22.7 Å². The van der Waals surface area contributed by atoms with E-state index in [2.05, 4.69) is 12.1 Å². The molecule has 0 bridgehead atoms. The van der Waals surface area contributed by atoms with Crippen LogP contribution in [0.2, 0.25) is 5.02 Å². The van der Waals surface area contributed by atoms with Gasteiger partial charge in [0.2, 0.25) is 0 Å². The van der Waals surface area contributed by atoms with Crippen LogP contribution in [0.4, 0.5) is 9.18 Å². The minimum atomic E-state index is -0.552. The summed E-state index contributed by atoms with van der Waals surface area (Å²) in [6, 6.07) is 21.6. The lowest BCUT2D eigenvalue weighted by Gasteiger charge is -2.14. The van der Waals surface area contributed by atoms with Gasteiger partial charge in [0.1, 0.15) is 11.6 Å². The van der Waals surface area contributed by atoms with Gasteiger partial charge in [0.25, 0.3) is 11.1 Å². The molecular weight excluding hydrogens is 449 g/mol. The van der Waals surface area contributed by atoms with Gasteiger partial charge in [-0.15, -0.1) is 0 Å². The molecule has 0 spiro atoms. The van der Waals surface area contributed by atoms with E-state index < -0.39 is 17.0 Å². The number of nitrogens with zero attached hydrogens (tertiary/aromatic N) is 1. The first-order valence-electron chi connectivity index (χ1n) is 9.96. The highest BCUT2D eigenvalue weighted by molar-refractivity contribution is 8.18. The summed E-state index contributed by atoms with van der Waals surface area (Å²) in [6.07, 6.45) is 2.45. The van der Waals surface area contributed by atoms with Gasteiger partial charge in [-0.2, -0.15) is 0 Å². The number of thioether (sulfide) groups is 1.